The standard InChI is InChI=1S/C29H30FN3O6/c1-4-37-28(36)39-23-16-33(26(34)18-7-9-19(30)10-8-18)17-29(2,3)24-21-12-11-20(15-22(21)31-25(23)24)38-27(35)32-13-5-6-14-32/h7-12,15-16,31H,4-6,13-14,17H2,1-3H3. The zero-order chi connectivity index (χ0) is 27.7. The van der Waals surface area contributed by atoms with E-state index in [9.17, 15) is 18.8 Å². The fourth-order valence-corrected chi connectivity index (χ4v) is 5.15. The maximum absolute atomic E-state index is 13.5. The van der Waals surface area contributed by atoms with Crippen LogP contribution in [-0.2, 0) is 14.9 Å². The number of likely N-dealkylation sites (tertiary alicyclic amines) is 1. The summed E-state index contributed by atoms with van der Waals surface area (Å²) < 4.78 is 29.7. The van der Waals surface area contributed by atoms with Gasteiger partial charge >= 0.3 is 12.2 Å². The molecule has 1 N–H and O–H groups in total. The molecule has 10 heteroatoms. The van der Waals surface area contributed by atoms with Crippen LogP contribution < -0.4 is 4.74 Å². The van der Waals surface area contributed by atoms with Crippen LogP contribution in [-0.4, -0.2) is 59.2 Å². The van der Waals surface area contributed by atoms with E-state index in [0.717, 1.165) is 23.8 Å². The van der Waals surface area contributed by atoms with Gasteiger partial charge in [0.1, 0.15) is 11.6 Å². The third kappa shape index (κ3) is 5.32. The summed E-state index contributed by atoms with van der Waals surface area (Å²) in [7, 11) is 0. The molecule has 0 spiro atoms. The Morgan fingerprint density at radius 2 is 1.74 bits per heavy atom. The maximum Gasteiger partial charge on any atom is 0.513 e. The molecule has 0 atom stereocenters. The average molecular weight is 536 g/mol. The fraction of sp³-hybridized carbons (Fsp3) is 0.345. The Hall–Kier alpha value is -4.34. The van der Waals surface area contributed by atoms with Gasteiger partial charge in [0, 0.05) is 47.6 Å². The largest absolute Gasteiger partial charge is 0.513 e. The van der Waals surface area contributed by atoms with Crippen LogP contribution in [0.25, 0.3) is 16.7 Å². The lowest BCUT2D eigenvalue weighted by Gasteiger charge is -2.29. The number of aromatic nitrogens is 1. The van der Waals surface area contributed by atoms with Crippen molar-refractivity contribution in [1.82, 2.24) is 14.8 Å². The Morgan fingerprint density at radius 1 is 1.03 bits per heavy atom. The molecular formula is C29H30FN3O6. The van der Waals surface area contributed by atoms with Gasteiger partial charge in [0.15, 0.2) is 5.76 Å². The Balaban J connectivity index is 1.55. The van der Waals surface area contributed by atoms with Gasteiger partial charge in [-0.05, 0) is 61.7 Å². The molecule has 0 aliphatic carbocycles. The van der Waals surface area contributed by atoms with E-state index in [1.165, 1.54) is 35.4 Å². The second kappa shape index (κ2) is 10.4. The zero-order valence-electron chi connectivity index (χ0n) is 22.1. The minimum atomic E-state index is -0.914. The Labute approximate surface area is 225 Å². The van der Waals surface area contributed by atoms with Crippen molar-refractivity contribution in [3.05, 3.63) is 71.3 Å². The van der Waals surface area contributed by atoms with E-state index in [1.54, 1.807) is 24.0 Å². The van der Waals surface area contributed by atoms with Crippen molar-refractivity contribution < 1.29 is 33.0 Å². The van der Waals surface area contributed by atoms with Crippen LogP contribution in [0, 0.1) is 5.82 Å². The highest BCUT2D eigenvalue weighted by atomic mass is 19.1. The molecule has 0 bridgehead atoms. The molecule has 2 aliphatic heterocycles. The molecule has 0 unspecified atom stereocenters. The number of amides is 2. The smallest absolute Gasteiger partial charge is 0.434 e. The van der Waals surface area contributed by atoms with Crippen molar-refractivity contribution >= 4 is 34.8 Å². The van der Waals surface area contributed by atoms with Gasteiger partial charge in [-0.2, -0.15) is 0 Å². The van der Waals surface area contributed by atoms with Gasteiger partial charge in [0.05, 0.1) is 18.5 Å². The topological polar surface area (TPSA) is 101 Å². The molecule has 2 amide bonds. The Bertz CT molecular complexity index is 1450. The summed E-state index contributed by atoms with van der Waals surface area (Å²) in [6.45, 7) is 7.33. The summed E-state index contributed by atoms with van der Waals surface area (Å²) in [5.41, 5.74) is 1.67. The molecule has 5 rings (SSSR count). The molecule has 204 valence electrons. The van der Waals surface area contributed by atoms with E-state index in [0.29, 0.717) is 35.6 Å². The SMILES string of the molecule is CCOC(=O)OC1=CN(C(=O)c2ccc(F)cc2)CC(C)(C)c2c1[nH]c1cc(OC(=O)N3CCCC3)ccc21. The van der Waals surface area contributed by atoms with Gasteiger partial charge < -0.3 is 29.0 Å². The highest BCUT2D eigenvalue weighted by molar-refractivity contribution is 5.97. The lowest BCUT2D eigenvalue weighted by Crippen LogP contribution is -2.36. The van der Waals surface area contributed by atoms with Gasteiger partial charge in [-0.25, -0.2) is 14.0 Å². The van der Waals surface area contributed by atoms with Crippen molar-refractivity contribution in [2.45, 2.75) is 39.0 Å². The first-order valence-corrected chi connectivity index (χ1v) is 12.9. The molecule has 2 aliphatic rings. The number of benzene rings is 2. The van der Waals surface area contributed by atoms with Gasteiger partial charge in [-0.15, -0.1) is 0 Å². The third-order valence-electron chi connectivity index (χ3n) is 6.91. The predicted molar refractivity (Wildman–Crippen MR) is 142 cm³/mol. The van der Waals surface area contributed by atoms with E-state index in [1.807, 2.05) is 19.9 Å². The average Bonchev–Trinajstić information content (AvgIpc) is 3.54. The number of ether oxygens (including phenoxy) is 3. The molecule has 3 heterocycles. The number of nitrogens with one attached hydrogen (secondary N) is 1. The number of rotatable bonds is 4. The Kier molecular flexibility index (Phi) is 7.03. The number of hydrogen-bond acceptors (Lipinski definition) is 6. The van der Waals surface area contributed by atoms with Crippen LogP contribution in [0.2, 0.25) is 0 Å². The summed E-state index contributed by atoms with van der Waals surface area (Å²) in [6.07, 6.45) is 2.08. The molecule has 2 aromatic carbocycles. The number of H-pyrrole nitrogens is 1. The first kappa shape index (κ1) is 26.3. The lowest BCUT2D eigenvalue weighted by molar-refractivity contribution is 0.0788. The summed E-state index contributed by atoms with van der Waals surface area (Å²) in [6, 6.07) is 10.6. The van der Waals surface area contributed by atoms with Crippen molar-refractivity contribution in [3.63, 3.8) is 0 Å². The molecule has 1 fully saturated rings. The number of carbonyl (C=O) groups is 3. The highest BCUT2D eigenvalue weighted by Gasteiger charge is 2.37. The predicted octanol–water partition coefficient (Wildman–Crippen LogP) is 5.81. The molecule has 1 saturated heterocycles. The first-order chi connectivity index (χ1) is 18.7. The van der Waals surface area contributed by atoms with Gasteiger partial charge in [0.25, 0.3) is 5.91 Å². The van der Waals surface area contributed by atoms with Crippen molar-refractivity contribution in [3.8, 4) is 5.75 Å². The van der Waals surface area contributed by atoms with Crippen LogP contribution in [0.4, 0.5) is 14.0 Å². The first-order valence-electron chi connectivity index (χ1n) is 12.9. The maximum atomic E-state index is 13.5. The number of carbonyl (C=O) groups excluding carboxylic acids is 3. The number of fused-ring (bicyclic) bond motifs is 3. The number of nitrogens with zero attached hydrogens (tertiary/aromatic N) is 2. The number of hydrogen-bond donors (Lipinski definition) is 1. The summed E-state index contributed by atoms with van der Waals surface area (Å²) >= 11 is 0. The fourth-order valence-electron chi connectivity index (χ4n) is 5.15. The number of aromatic amines is 1. The summed E-state index contributed by atoms with van der Waals surface area (Å²) in [5, 5.41) is 0.824. The van der Waals surface area contributed by atoms with Gasteiger partial charge in [-0.3, -0.25) is 4.79 Å². The molecule has 39 heavy (non-hydrogen) atoms. The van der Waals surface area contributed by atoms with Crippen LogP contribution >= 0.6 is 0 Å². The summed E-state index contributed by atoms with van der Waals surface area (Å²) in [4.78, 5) is 44.8. The lowest BCUT2D eigenvalue weighted by atomic mass is 9.82. The van der Waals surface area contributed by atoms with Crippen LogP contribution in [0.1, 0.15) is 55.2 Å². The molecule has 1 aromatic heterocycles. The number of halogens is 1. The molecule has 3 aromatic rings. The molecular weight excluding hydrogens is 505 g/mol. The van der Waals surface area contributed by atoms with E-state index in [2.05, 4.69) is 4.98 Å². The minimum absolute atomic E-state index is 0.0938. The monoisotopic (exact) mass is 535 g/mol. The van der Waals surface area contributed by atoms with Crippen LogP contribution in [0.15, 0.2) is 48.7 Å². The van der Waals surface area contributed by atoms with Gasteiger partial charge in [-0.1, -0.05) is 13.8 Å². The van der Waals surface area contributed by atoms with Gasteiger partial charge in [0.2, 0.25) is 0 Å². The molecule has 0 saturated carbocycles. The van der Waals surface area contributed by atoms with Crippen LogP contribution in [0.5, 0.6) is 5.75 Å². The third-order valence-corrected chi connectivity index (χ3v) is 6.91. The van der Waals surface area contributed by atoms with E-state index in [-0.39, 0.29) is 30.9 Å². The second-order valence-corrected chi connectivity index (χ2v) is 10.2. The second-order valence-electron chi connectivity index (χ2n) is 10.2. The van der Waals surface area contributed by atoms with Crippen LogP contribution in [0.3, 0.4) is 0 Å². The van der Waals surface area contributed by atoms with E-state index in [4.69, 9.17) is 14.2 Å². The highest BCUT2D eigenvalue weighted by Crippen LogP contribution is 2.41. The normalized spacial score (nSPS) is 16.4. The quantitative estimate of drug-likeness (QED) is 0.424. The minimum Gasteiger partial charge on any atom is -0.434 e. The van der Waals surface area contributed by atoms with Crippen molar-refractivity contribution in [1.29, 1.82) is 0 Å². The molecule has 9 nitrogen and oxygen atoms in total. The van der Waals surface area contributed by atoms with E-state index >= 15 is 0 Å². The van der Waals surface area contributed by atoms with E-state index < -0.39 is 17.4 Å². The van der Waals surface area contributed by atoms with Crippen molar-refractivity contribution in [2.24, 2.45) is 0 Å². The van der Waals surface area contributed by atoms with Crippen molar-refractivity contribution in [2.75, 3.05) is 26.2 Å². The zero-order valence-corrected chi connectivity index (χ0v) is 22.1. The Morgan fingerprint density at radius 3 is 2.44 bits per heavy atom. The summed E-state index contributed by atoms with van der Waals surface area (Å²) in [5.74, 6) is -0.343. The molecule has 0 radical (unpaired) electrons.